The molecule has 1 heterocycles. The minimum Gasteiger partial charge on any atom is -0.305 e. The van der Waals surface area contributed by atoms with Crippen molar-refractivity contribution in [2.75, 3.05) is 11.5 Å². The highest BCUT2D eigenvalue weighted by atomic mass is 32.2. The molecule has 5 heteroatoms. The second kappa shape index (κ2) is 4.14. The van der Waals surface area contributed by atoms with Crippen LogP contribution in [-0.4, -0.2) is 26.0 Å². The number of sulfone groups is 1. The van der Waals surface area contributed by atoms with Crippen LogP contribution >= 0.6 is 0 Å². The second-order valence-corrected chi connectivity index (χ2v) is 6.37. The van der Waals surface area contributed by atoms with E-state index in [9.17, 15) is 12.8 Å². The Labute approximate surface area is 94.6 Å². The summed E-state index contributed by atoms with van der Waals surface area (Å²) in [5, 5.41) is 3.17. The van der Waals surface area contributed by atoms with Crippen molar-refractivity contribution in [1.82, 2.24) is 5.32 Å². The van der Waals surface area contributed by atoms with Gasteiger partial charge in [-0.2, -0.15) is 0 Å². The molecule has 88 valence electrons. The molecule has 1 atom stereocenters. The molecule has 0 saturated carbocycles. The maximum Gasteiger partial charge on any atom is 0.153 e. The molecule has 1 N–H and O–H groups in total. The minimum atomic E-state index is -2.80. The Kier molecular flexibility index (Phi) is 2.99. The van der Waals surface area contributed by atoms with Crippen LogP contribution < -0.4 is 5.32 Å². The van der Waals surface area contributed by atoms with Gasteiger partial charge in [-0.3, -0.25) is 0 Å². The van der Waals surface area contributed by atoms with E-state index in [1.165, 1.54) is 12.1 Å². The third-order valence-electron chi connectivity index (χ3n) is 2.74. The first-order valence-electron chi connectivity index (χ1n) is 5.18. The summed E-state index contributed by atoms with van der Waals surface area (Å²) in [6.45, 7) is 1.90. The van der Waals surface area contributed by atoms with Gasteiger partial charge in [-0.15, -0.1) is 0 Å². The van der Waals surface area contributed by atoms with Crippen LogP contribution in [0.2, 0.25) is 0 Å². The molecule has 3 nitrogen and oxygen atoms in total. The first-order chi connectivity index (χ1) is 7.46. The highest BCUT2D eigenvalue weighted by molar-refractivity contribution is 7.92. The molecular weight excluding hydrogens is 229 g/mol. The lowest BCUT2D eigenvalue weighted by molar-refractivity contribution is 0.466. The number of rotatable bonds is 3. The predicted molar refractivity (Wildman–Crippen MR) is 60.4 cm³/mol. The quantitative estimate of drug-likeness (QED) is 0.869. The van der Waals surface area contributed by atoms with Crippen LogP contribution in [0.5, 0.6) is 0 Å². The molecule has 1 saturated heterocycles. The van der Waals surface area contributed by atoms with Gasteiger partial charge in [0.15, 0.2) is 9.84 Å². The molecule has 0 spiro atoms. The number of hydrogen-bond donors (Lipinski definition) is 1. The highest BCUT2D eigenvalue weighted by Gasteiger charge is 2.33. The number of benzene rings is 1. The lowest BCUT2D eigenvalue weighted by Gasteiger charge is -2.30. The zero-order valence-electron chi connectivity index (χ0n) is 8.98. The third kappa shape index (κ3) is 2.59. The molecule has 1 aliphatic rings. The molecule has 0 aliphatic carbocycles. The van der Waals surface area contributed by atoms with E-state index in [2.05, 4.69) is 5.32 Å². The average molecular weight is 243 g/mol. The Morgan fingerprint density at radius 1 is 1.44 bits per heavy atom. The fourth-order valence-corrected chi connectivity index (χ4v) is 3.21. The zero-order valence-corrected chi connectivity index (χ0v) is 9.80. The van der Waals surface area contributed by atoms with Gasteiger partial charge in [0.05, 0.1) is 11.5 Å². The van der Waals surface area contributed by atoms with Gasteiger partial charge in [0.1, 0.15) is 5.82 Å². The normalized spacial score (nSPS) is 21.4. The van der Waals surface area contributed by atoms with Gasteiger partial charge in [0.25, 0.3) is 0 Å². The Morgan fingerprint density at radius 3 is 2.69 bits per heavy atom. The van der Waals surface area contributed by atoms with Crippen molar-refractivity contribution in [3.8, 4) is 0 Å². The molecule has 1 aromatic carbocycles. The lowest BCUT2D eigenvalue weighted by atomic mass is 10.1. The highest BCUT2D eigenvalue weighted by Crippen LogP contribution is 2.18. The SMILES string of the molecule is CC(NC1CS(=O)(=O)C1)c1cccc(F)c1. The van der Waals surface area contributed by atoms with Crippen molar-refractivity contribution >= 4 is 9.84 Å². The van der Waals surface area contributed by atoms with Gasteiger partial charge >= 0.3 is 0 Å². The number of halogens is 1. The summed E-state index contributed by atoms with van der Waals surface area (Å²) >= 11 is 0. The van der Waals surface area contributed by atoms with Crippen LogP contribution in [0.3, 0.4) is 0 Å². The molecule has 0 aromatic heterocycles. The molecule has 1 aliphatic heterocycles. The van der Waals surface area contributed by atoms with E-state index >= 15 is 0 Å². The van der Waals surface area contributed by atoms with E-state index < -0.39 is 9.84 Å². The molecule has 0 bridgehead atoms. The van der Waals surface area contributed by atoms with Crippen molar-refractivity contribution in [2.24, 2.45) is 0 Å². The zero-order chi connectivity index (χ0) is 11.8. The topological polar surface area (TPSA) is 46.2 Å². The lowest BCUT2D eigenvalue weighted by Crippen LogP contribution is -2.51. The predicted octanol–water partition coefficient (Wildman–Crippen LogP) is 1.27. The summed E-state index contributed by atoms with van der Waals surface area (Å²) in [4.78, 5) is 0. The first-order valence-corrected chi connectivity index (χ1v) is 7.00. The Hall–Kier alpha value is -0.940. The van der Waals surface area contributed by atoms with Crippen LogP contribution in [0.1, 0.15) is 18.5 Å². The molecule has 2 rings (SSSR count). The molecule has 1 fully saturated rings. The fourth-order valence-electron chi connectivity index (χ4n) is 1.89. The van der Waals surface area contributed by atoms with Crippen molar-refractivity contribution in [3.63, 3.8) is 0 Å². The third-order valence-corrected chi connectivity index (χ3v) is 4.57. The van der Waals surface area contributed by atoms with Gasteiger partial charge in [0.2, 0.25) is 0 Å². The van der Waals surface area contributed by atoms with Gasteiger partial charge in [-0.05, 0) is 24.6 Å². The molecule has 0 radical (unpaired) electrons. The summed E-state index contributed by atoms with van der Waals surface area (Å²) < 4.78 is 34.9. The van der Waals surface area contributed by atoms with Crippen LogP contribution in [0, 0.1) is 5.82 Å². The Balaban J connectivity index is 1.96. The summed E-state index contributed by atoms with van der Waals surface area (Å²) in [5.74, 6) is 0.103. The molecule has 0 amide bonds. The summed E-state index contributed by atoms with van der Waals surface area (Å²) in [6, 6.07) is 6.31. The van der Waals surface area contributed by atoms with E-state index in [0.29, 0.717) is 0 Å². The standard InChI is InChI=1S/C11H14FNO2S/c1-8(9-3-2-4-10(12)5-9)13-11-6-16(14,15)7-11/h2-5,8,11,13H,6-7H2,1H3. The van der Waals surface area contributed by atoms with Gasteiger partial charge in [-0.25, -0.2) is 12.8 Å². The maximum atomic E-state index is 13.0. The van der Waals surface area contributed by atoms with E-state index in [0.717, 1.165) is 5.56 Å². The van der Waals surface area contributed by atoms with Crippen LogP contribution in [0.4, 0.5) is 4.39 Å². The molecular formula is C11H14FNO2S. The molecule has 1 unspecified atom stereocenters. The fraction of sp³-hybridized carbons (Fsp3) is 0.455. The summed E-state index contributed by atoms with van der Waals surface area (Å²) in [7, 11) is -2.80. The largest absolute Gasteiger partial charge is 0.305 e. The van der Waals surface area contributed by atoms with Crippen molar-refractivity contribution < 1.29 is 12.8 Å². The smallest absolute Gasteiger partial charge is 0.153 e. The van der Waals surface area contributed by atoms with Crippen molar-refractivity contribution in [3.05, 3.63) is 35.6 Å². The van der Waals surface area contributed by atoms with Crippen LogP contribution in [0.15, 0.2) is 24.3 Å². The summed E-state index contributed by atoms with van der Waals surface area (Å²) in [5.41, 5.74) is 0.837. The van der Waals surface area contributed by atoms with Gasteiger partial charge in [0, 0.05) is 12.1 Å². The monoisotopic (exact) mass is 243 g/mol. The molecule has 1 aromatic rings. The van der Waals surface area contributed by atoms with Gasteiger partial charge in [-0.1, -0.05) is 12.1 Å². The van der Waals surface area contributed by atoms with E-state index in [4.69, 9.17) is 0 Å². The van der Waals surface area contributed by atoms with Gasteiger partial charge < -0.3 is 5.32 Å². The van der Waals surface area contributed by atoms with Crippen LogP contribution in [0.25, 0.3) is 0 Å². The number of nitrogens with one attached hydrogen (secondary N) is 1. The number of hydrogen-bond acceptors (Lipinski definition) is 3. The minimum absolute atomic E-state index is 0.00303. The van der Waals surface area contributed by atoms with E-state index in [-0.39, 0.29) is 29.4 Å². The second-order valence-electron chi connectivity index (χ2n) is 4.22. The van der Waals surface area contributed by atoms with Crippen molar-refractivity contribution in [1.29, 1.82) is 0 Å². The summed E-state index contributed by atoms with van der Waals surface area (Å²) in [6.07, 6.45) is 0. The van der Waals surface area contributed by atoms with E-state index in [1.54, 1.807) is 6.07 Å². The van der Waals surface area contributed by atoms with Crippen LogP contribution in [-0.2, 0) is 9.84 Å². The first kappa shape index (κ1) is 11.5. The maximum absolute atomic E-state index is 13.0. The Morgan fingerprint density at radius 2 is 2.12 bits per heavy atom. The van der Waals surface area contributed by atoms with Crippen molar-refractivity contribution in [2.45, 2.75) is 19.0 Å². The molecule has 16 heavy (non-hydrogen) atoms. The van der Waals surface area contributed by atoms with E-state index in [1.807, 2.05) is 13.0 Å². The average Bonchev–Trinajstić information content (AvgIpc) is 2.14. The Bertz CT molecular complexity index is 475.